The van der Waals surface area contributed by atoms with E-state index in [1.165, 1.54) is 7.11 Å². The van der Waals surface area contributed by atoms with Gasteiger partial charge in [-0.05, 0) is 27.3 Å². The van der Waals surface area contributed by atoms with Crippen LogP contribution in [0.2, 0.25) is 6.55 Å². The van der Waals surface area contributed by atoms with E-state index in [0.717, 1.165) is 0 Å². The second kappa shape index (κ2) is 4.47. The monoisotopic (exact) mass is 192 g/mol. The van der Waals surface area contributed by atoms with E-state index < -0.39 is 21.0 Å². The lowest BCUT2D eigenvalue weighted by Gasteiger charge is -2.20. The molecule has 0 heterocycles. The SMILES string of the molecule is CO[SiH](C)OC(=O)OC(C)(C)C. The van der Waals surface area contributed by atoms with E-state index in [1.807, 2.05) is 0 Å². The molecule has 12 heavy (non-hydrogen) atoms. The maximum Gasteiger partial charge on any atom is 0.496 e. The van der Waals surface area contributed by atoms with Crippen LogP contribution in [0.3, 0.4) is 0 Å². The molecule has 0 spiro atoms. The van der Waals surface area contributed by atoms with Crippen molar-refractivity contribution in [2.45, 2.75) is 32.9 Å². The first-order chi connectivity index (χ1) is 5.35. The van der Waals surface area contributed by atoms with Crippen LogP contribution in [0, 0.1) is 0 Å². The highest BCUT2D eigenvalue weighted by Gasteiger charge is 2.19. The number of hydrogen-bond acceptors (Lipinski definition) is 4. The van der Waals surface area contributed by atoms with Gasteiger partial charge in [0.1, 0.15) is 5.60 Å². The third kappa shape index (κ3) is 6.18. The fraction of sp³-hybridized carbons (Fsp3) is 0.857. The summed E-state index contributed by atoms with van der Waals surface area (Å²) in [6.07, 6.45) is -0.650. The van der Waals surface area contributed by atoms with Crippen molar-refractivity contribution in [1.29, 1.82) is 0 Å². The highest BCUT2D eigenvalue weighted by atomic mass is 28.3. The summed E-state index contributed by atoms with van der Waals surface area (Å²) in [7, 11) is -0.288. The Morgan fingerprint density at radius 2 is 1.83 bits per heavy atom. The first kappa shape index (κ1) is 11.4. The topological polar surface area (TPSA) is 44.8 Å². The molecule has 0 aromatic heterocycles. The molecular weight excluding hydrogens is 176 g/mol. The van der Waals surface area contributed by atoms with Crippen molar-refractivity contribution in [3.63, 3.8) is 0 Å². The molecule has 0 saturated heterocycles. The molecule has 0 saturated carbocycles. The minimum atomic E-state index is -1.80. The van der Waals surface area contributed by atoms with Gasteiger partial charge in [0.2, 0.25) is 0 Å². The maximum absolute atomic E-state index is 10.9. The summed E-state index contributed by atoms with van der Waals surface area (Å²) in [6.45, 7) is 7.11. The zero-order valence-corrected chi connectivity index (χ0v) is 9.37. The summed E-state index contributed by atoms with van der Waals surface area (Å²) in [6, 6.07) is 0. The quantitative estimate of drug-likeness (QED) is 0.490. The number of rotatable bonds is 2. The summed E-state index contributed by atoms with van der Waals surface area (Å²) in [5.41, 5.74) is -0.501. The van der Waals surface area contributed by atoms with Crippen molar-refractivity contribution in [3.05, 3.63) is 0 Å². The average molecular weight is 192 g/mol. The van der Waals surface area contributed by atoms with Crippen LogP contribution in [0.15, 0.2) is 0 Å². The first-order valence-electron chi connectivity index (χ1n) is 3.77. The predicted octanol–water partition coefficient (Wildman–Crippen LogP) is 1.43. The molecule has 0 aliphatic rings. The summed E-state index contributed by atoms with van der Waals surface area (Å²) >= 11 is 0. The molecule has 1 atom stereocenters. The van der Waals surface area contributed by atoms with Crippen molar-refractivity contribution >= 4 is 15.4 Å². The molecule has 0 aromatic rings. The zero-order valence-electron chi connectivity index (χ0n) is 8.21. The van der Waals surface area contributed by atoms with Gasteiger partial charge in [-0.2, -0.15) is 0 Å². The van der Waals surface area contributed by atoms with Gasteiger partial charge >= 0.3 is 15.4 Å². The minimum Gasteiger partial charge on any atom is -0.466 e. The Bertz CT molecular complexity index is 152. The standard InChI is InChI=1S/C7H16O4Si/c1-7(2,3)10-6(8)11-12(5)9-4/h12H,1-5H3. The first-order valence-corrected chi connectivity index (χ1v) is 5.87. The van der Waals surface area contributed by atoms with Gasteiger partial charge in [-0.3, -0.25) is 0 Å². The van der Waals surface area contributed by atoms with Crippen LogP contribution in [0.5, 0.6) is 0 Å². The molecular formula is C7H16O4Si. The van der Waals surface area contributed by atoms with Gasteiger partial charge in [-0.25, -0.2) is 4.79 Å². The van der Waals surface area contributed by atoms with E-state index in [0.29, 0.717) is 0 Å². The van der Waals surface area contributed by atoms with Crippen LogP contribution in [0.4, 0.5) is 4.79 Å². The zero-order chi connectivity index (χ0) is 9.78. The van der Waals surface area contributed by atoms with Crippen LogP contribution >= 0.6 is 0 Å². The highest BCUT2D eigenvalue weighted by Crippen LogP contribution is 2.08. The molecule has 0 fully saturated rings. The molecule has 5 heteroatoms. The van der Waals surface area contributed by atoms with Gasteiger partial charge in [0.25, 0.3) is 0 Å². The molecule has 0 amide bonds. The summed E-state index contributed by atoms with van der Waals surface area (Å²) in [5.74, 6) is 0. The lowest BCUT2D eigenvalue weighted by atomic mass is 10.2. The van der Waals surface area contributed by atoms with Gasteiger partial charge in [-0.15, -0.1) is 0 Å². The van der Waals surface area contributed by atoms with Crippen molar-refractivity contribution in [3.8, 4) is 0 Å². The normalized spacial score (nSPS) is 13.8. The lowest BCUT2D eigenvalue weighted by Crippen LogP contribution is -2.29. The Labute approximate surface area is 74.7 Å². The van der Waals surface area contributed by atoms with E-state index in [9.17, 15) is 4.79 Å². The van der Waals surface area contributed by atoms with Gasteiger partial charge < -0.3 is 13.6 Å². The molecule has 0 rings (SSSR count). The highest BCUT2D eigenvalue weighted by molar-refractivity contribution is 6.44. The van der Waals surface area contributed by atoms with Crippen molar-refractivity contribution in [2.24, 2.45) is 0 Å². The van der Waals surface area contributed by atoms with Gasteiger partial charge in [-0.1, -0.05) is 0 Å². The van der Waals surface area contributed by atoms with Crippen molar-refractivity contribution in [1.82, 2.24) is 0 Å². The van der Waals surface area contributed by atoms with E-state index in [-0.39, 0.29) is 0 Å². The third-order valence-corrected chi connectivity index (χ3v) is 2.17. The Hall–Kier alpha value is -0.553. The molecule has 1 unspecified atom stereocenters. The predicted molar refractivity (Wildman–Crippen MR) is 47.3 cm³/mol. The van der Waals surface area contributed by atoms with Crippen LogP contribution < -0.4 is 0 Å². The van der Waals surface area contributed by atoms with E-state index in [4.69, 9.17) is 13.6 Å². The Kier molecular flexibility index (Phi) is 4.26. The molecule has 4 nitrogen and oxygen atoms in total. The smallest absolute Gasteiger partial charge is 0.466 e. The van der Waals surface area contributed by atoms with E-state index in [2.05, 4.69) is 0 Å². The summed E-state index contributed by atoms with van der Waals surface area (Å²) in [4.78, 5) is 10.9. The summed E-state index contributed by atoms with van der Waals surface area (Å²) < 4.78 is 14.6. The largest absolute Gasteiger partial charge is 0.496 e. The lowest BCUT2D eigenvalue weighted by molar-refractivity contribution is 0.0158. The van der Waals surface area contributed by atoms with Crippen molar-refractivity contribution in [2.75, 3.05) is 7.11 Å². The molecule has 0 N–H and O–H groups in total. The average Bonchev–Trinajstić information content (AvgIpc) is 1.82. The number of carbonyl (C=O) groups excluding carboxylic acids is 1. The molecule has 0 aromatic carbocycles. The third-order valence-electron chi connectivity index (χ3n) is 0.984. The second-order valence-electron chi connectivity index (χ2n) is 3.39. The summed E-state index contributed by atoms with van der Waals surface area (Å²) in [5, 5.41) is 0. The second-order valence-corrected chi connectivity index (χ2v) is 5.23. The number of carbonyl (C=O) groups is 1. The van der Waals surface area contributed by atoms with Gasteiger partial charge in [0.15, 0.2) is 0 Å². The van der Waals surface area contributed by atoms with Gasteiger partial charge in [0, 0.05) is 7.11 Å². The Balaban J connectivity index is 3.75. The van der Waals surface area contributed by atoms with Crippen LogP contribution in [-0.4, -0.2) is 28.1 Å². The molecule has 0 radical (unpaired) electrons. The Morgan fingerprint density at radius 3 is 2.17 bits per heavy atom. The molecule has 0 aliphatic heterocycles. The van der Waals surface area contributed by atoms with Crippen molar-refractivity contribution < 1.29 is 18.4 Å². The molecule has 0 aliphatic carbocycles. The van der Waals surface area contributed by atoms with E-state index >= 15 is 0 Å². The maximum atomic E-state index is 10.9. The number of ether oxygens (including phenoxy) is 1. The molecule has 72 valence electrons. The van der Waals surface area contributed by atoms with Crippen LogP contribution in [0.1, 0.15) is 20.8 Å². The van der Waals surface area contributed by atoms with E-state index in [1.54, 1.807) is 27.3 Å². The Morgan fingerprint density at radius 1 is 1.33 bits per heavy atom. The van der Waals surface area contributed by atoms with Crippen LogP contribution in [0.25, 0.3) is 0 Å². The fourth-order valence-corrected chi connectivity index (χ4v) is 0.873. The number of hydrogen-bond donors (Lipinski definition) is 0. The molecule has 0 bridgehead atoms. The van der Waals surface area contributed by atoms with Gasteiger partial charge in [0.05, 0.1) is 0 Å². The van der Waals surface area contributed by atoms with Crippen LogP contribution in [-0.2, 0) is 13.6 Å². The fourth-order valence-electron chi connectivity index (χ4n) is 0.458. The minimum absolute atomic E-state index is 0.501.